The smallest absolute Gasteiger partial charge is 0.245 e. The van der Waals surface area contributed by atoms with E-state index in [0.29, 0.717) is 6.54 Å². The van der Waals surface area contributed by atoms with Crippen molar-refractivity contribution >= 4 is 39.6 Å². The Bertz CT molecular complexity index is 819. The van der Waals surface area contributed by atoms with Crippen LogP contribution in [0.15, 0.2) is 58.1 Å². The van der Waals surface area contributed by atoms with E-state index in [2.05, 4.69) is 26.5 Å². The highest BCUT2D eigenvalue weighted by Crippen LogP contribution is 2.26. The van der Waals surface area contributed by atoms with Crippen LogP contribution in [0.1, 0.15) is 12.0 Å². The molecule has 26 heavy (non-hydrogen) atoms. The second-order valence-electron chi connectivity index (χ2n) is 5.89. The van der Waals surface area contributed by atoms with Crippen molar-refractivity contribution in [1.82, 2.24) is 5.43 Å². The molecular weight excluding hydrogens is 398 g/mol. The van der Waals surface area contributed by atoms with Gasteiger partial charge in [0.2, 0.25) is 11.8 Å². The summed E-state index contributed by atoms with van der Waals surface area (Å²) in [5.74, 6) is 0.0113. The van der Waals surface area contributed by atoms with E-state index < -0.39 is 5.92 Å². The molecule has 2 aromatic rings. The van der Waals surface area contributed by atoms with Gasteiger partial charge in [0.25, 0.3) is 0 Å². The Kier molecular flexibility index (Phi) is 5.68. The predicted molar refractivity (Wildman–Crippen MR) is 103 cm³/mol. The van der Waals surface area contributed by atoms with Crippen molar-refractivity contribution in [2.75, 3.05) is 18.6 Å². The number of ether oxygens (including phenoxy) is 1. The van der Waals surface area contributed by atoms with Crippen molar-refractivity contribution in [2.24, 2.45) is 11.0 Å². The van der Waals surface area contributed by atoms with Crippen LogP contribution in [0.25, 0.3) is 0 Å². The highest BCUT2D eigenvalue weighted by atomic mass is 79.9. The fourth-order valence-electron chi connectivity index (χ4n) is 2.71. The molecule has 0 radical (unpaired) electrons. The monoisotopic (exact) mass is 415 g/mol. The lowest BCUT2D eigenvalue weighted by molar-refractivity contribution is -0.126. The number of carbonyl (C=O) groups is 2. The first-order valence-corrected chi connectivity index (χ1v) is 8.89. The second kappa shape index (κ2) is 8.14. The third-order valence-electron chi connectivity index (χ3n) is 4.14. The molecular formula is C19H18BrN3O3. The number of hydrazone groups is 1. The number of hydrogen-bond acceptors (Lipinski definition) is 4. The molecule has 1 saturated heterocycles. The highest BCUT2D eigenvalue weighted by Gasteiger charge is 2.35. The lowest BCUT2D eigenvalue weighted by Gasteiger charge is -2.16. The van der Waals surface area contributed by atoms with Crippen LogP contribution in [0.2, 0.25) is 0 Å². The van der Waals surface area contributed by atoms with Gasteiger partial charge in [0, 0.05) is 23.1 Å². The summed E-state index contributed by atoms with van der Waals surface area (Å²) in [6.45, 7) is 0.352. The Labute approximate surface area is 160 Å². The van der Waals surface area contributed by atoms with Crippen LogP contribution in [-0.2, 0) is 9.59 Å². The molecule has 1 aliphatic heterocycles. The summed E-state index contributed by atoms with van der Waals surface area (Å²) in [4.78, 5) is 26.1. The first-order chi connectivity index (χ1) is 12.6. The van der Waals surface area contributed by atoms with Crippen molar-refractivity contribution in [3.63, 3.8) is 0 Å². The summed E-state index contributed by atoms with van der Waals surface area (Å²) in [5.41, 5.74) is 4.14. The number of carbonyl (C=O) groups excluding carboxylic acids is 2. The first kappa shape index (κ1) is 18.1. The Hall–Kier alpha value is -2.67. The number of amides is 2. The van der Waals surface area contributed by atoms with E-state index in [4.69, 9.17) is 4.74 Å². The standard InChI is InChI=1S/C19H18BrN3O3/c1-26-17-8-2-13(3-9-17)11-21-22-19(25)14-10-18(24)23(12-14)16-6-4-15(20)5-7-16/h2-9,11,14H,10,12H2,1H3,(H,22,25)/b21-11-/t14-/m0/s1. The van der Waals surface area contributed by atoms with E-state index in [1.165, 1.54) is 0 Å². The van der Waals surface area contributed by atoms with Gasteiger partial charge in [-0.1, -0.05) is 15.9 Å². The molecule has 0 unspecified atom stereocenters. The normalized spacial score (nSPS) is 16.9. The zero-order valence-corrected chi connectivity index (χ0v) is 15.8. The molecule has 3 rings (SSSR count). The average molecular weight is 416 g/mol. The summed E-state index contributed by atoms with van der Waals surface area (Å²) in [5, 5.41) is 3.97. The van der Waals surface area contributed by atoms with E-state index in [1.807, 2.05) is 48.5 Å². The van der Waals surface area contributed by atoms with Gasteiger partial charge in [0.1, 0.15) is 5.75 Å². The van der Waals surface area contributed by atoms with Crippen LogP contribution in [0.5, 0.6) is 5.75 Å². The highest BCUT2D eigenvalue weighted by molar-refractivity contribution is 9.10. The van der Waals surface area contributed by atoms with E-state index in [9.17, 15) is 9.59 Å². The van der Waals surface area contributed by atoms with Crippen molar-refractivity contribution in [1.29, 1.82) is 0 Å². The zero-order valence-electron chi connectivity index (χ0n) is 14.2. The van der Waals surface area contributed by atoms with E-state index in [0.717, 1.165) is 21.5 Å². The molecule has 0 spiro atoms. The molecule has 2 aromatic carbocycles. The average Bonchev–Trinajstić information content (AvgIpc) is 3.05. The SMILES string of the molecule is COc1ccc(/C=N\NC(=O)[C@H]2CC(=O)N(c3ccc(Br)cc3)C2)cc1. The maximum Gasteiger partial charge on any atom is 0.245 e. The molecule has 1 atom stereocenters. The molecule has 2 amide bonds. The van der Waals surface area contributed by atoms with Crippen LogP contribution < -0.4 is 15.1 Å². The lowest BCUT2D eigenvalue weighted by atomic mass is 10.1. The van der Waals surface area contributed by atoms with E-state index in [-0.39, 0.29) is 18.2 Å². The Balaban J connectivity index is 1.57. The van der Waals surface area contributed by atoms with Gasteiger partial charge < -0.3 is 9.64 Å². The minimum Gasteiger partial charge on any atom is -0.497 e. The fourth-order valence-corrected chi connectivity index (χ4v) is 2.97. The molecule has 0 aromatic heterocycles. The number of anilines is 1. The molecule has 0 bridgehead atoms. The number of benzene rings is 2. The van der Waals surface area contributed by atoms with Gasteiger partial charge in [-0.2, -0.15) is 5.10 Å². The molecule has 1 fully saturated rings. The fraction of sp³-hybridized carbons (Fsp3) is 0.211. The Morgan fingerprint density at radius 1 is 1.23 bits per heavy atom. The minimum atomic E-state index is -0.417. The van der Waals surface area contributed by atoms with Crippen molar-refractivity contribution < 1.29 is 14.3 Å². The molecule has 1 N–H and O–H groups in total. The number of halogens is 1. The van der Waals surface area contributed by atoms with Crippen molar-refractivity contribution in [3.8, 4) is 5.75 Å². The van der Waals surface area contributed by atoms with Crippen LogP contribution >= 0.6 is 15.9 Å². The largest absolute Gasteiger partial charge is 0.497 e. The number of nitrogens with zero attached hydrogens (tertiary/aromatic N) is 2. The number of nitrogens with one attached hydrogen (secondary N) is 1. The maximum absolute atomic E-state index is 12.3. The van der Waals surface area contributed by atoms with Gasteiger partial charge in [-0.3, -0.25) is 9.59 Å². The summed E-state index contributed by atoms with van der Waals surface area (Å²) >= 11 is 3.37. The van der Waals surface area contributed by atoms with Crippen LogP contribution in [0.4, 0.5) is 5.69 Å². The van der Waals surface area contributed by atoms with Crippen LogP contribution in [0, 0.1) is 5.92 Å². The van der Waals surface area contributed by atoms with Crippen LogP contribution in [-0.4, -0.2) is 31.7 Å². The van der Waals surface area contributed by atoms with E-state index in [1.54, 1.807) is 18.2 Å². The van der Waals surface area contributed by atoms with Gasteiger partial charge in [0.05, 0.1) is 19.2 Å². The Morgan fingerprint density at radius 2 is 1.92 bits per heavy atom. The molecule has 0 saturated carbocycles. The van der Waals surface area contributed by atoms with E-state index >= 15 is 0 Å². The zero-order chi connectivity index (χ0) is 18.5. The number of rotatable bonds is 5. The quantitative estimate of drug-likeness (QED) is 0.602. The number of hydrogen-bond donors (Lipinski definition) is 1. The number of methoxy groups -OCH3 is 1. The summed E-state index contributed by atoms with van der Waals surface area (Å²) in [6, 6.07) is 14.7. The van der Waals surface area contributed by atoms with Gasteiger partial charge in [-0.05, 0) is 54.1 Å². The van der Waals surface area contributed by atoms with Crippen molar-refractivity contribution in [3.05, 3.63) is 58.6 Å². The third kappa shape index (κ3) is 4.29. The molecule has 1 aliphatic rings. The second-order valence-corrected chi connectivity index (χ2v) is 6.80. The summed E-state index contributed by atoms with van der Waals surface area (Å²) in [7, 11) is 1.60. The lowest BCUT2D eigenvalue weighted by Crippen LogP contribution is -2.30. The van der Waals surface area contributed by atoms with Crippen LogP contribution in [0.3, 0.4) is 0 Å². The maximum atomic E-state index is 12.3. The molecule has 134 valence electrons. The first-order valence-electron chi connectivity index (χ1n) is 8.09. The van der Waals surface area contributed by atoms with Gasteiger partial charge in [-0.15, -0.1) is 0 Å². The van der Waals surface area contributed by atoms with Gasteiger partial charge in [-0.25, -0.2) is 5.43 Å². The molecule has 0 aliphatic carbocycles. The third-order valence-corrected chi connectivity index (χ3v) is 4.67. The minimum absolute atomic E-state index is 0.0633. The van der Waals surface area contributed by atoms with Crippen molar-refractivity contribution in [2.45, 2.75) is 6.42 Å². The molecule has 7 heteroatoms. The Morgan fingerprint density at radius 3 is 2.58 bits per heavy atom. The molecule has 1 heterocycles. The summed E-state index contributed by atoms with van der Waals surface area (Å²) < 4.78 is 6.03. The molecule has 6 nitrogen and oxygen atoms in total. The summed E-state index contributed by atoms with van der Waals surface area (Å²) in [6.07, 6.45) is 1.74. The van der Waals surface area contributed by atoms with Gasteiger partial charge >= 0.3 is 0 Å². The topological polar surface area (TPSA) is 71.0 Å². The predicted octanol–water partition coefficient (Wildman–Crippen LogP) is 2.96. The van der Waals surface area contributed by atoms with Gasteiger partial charge in [0.15, 0.2) is 0 Å².